The van der Waals surface area contributed by atoms with Crippen LogP contribution < -0.4 is 0 Å². The van der Waals surface area contributed by atoms with E-state index in [1.807, 2.05) is 44.2 Å². The highest BCUT2D eigenvalue weighted by molar-refractivity contribution is 8.14. The van der Waals surface area contributed by atoms with Crippen molar-refractivity contribution in [3.63, 3.8) is 0 Å². The molecule has 4 atom stereocenters. The Labute approximate surface area is 180 Å². The Kier molecular flexibility index (Phi) is 4.61. The molecule has 2 aliphatic carbocycles. The number of aliphatic imine (C=N–C) groups is 1. The van der Waals surface area contributed by atoms with Gasteiger partial charge in [0.15, 0.2) is 5.17 Å². The van der Waals surface area contributed by atoms with E-state index in [1.165, 1.54) is 4.90 Å². The molecule has 0 aromatic heterocycles. The minimum absolute atomic E-state index is 0.151. The number of hydrogen-bond donors (Lipinski definition) is 0. The summed E-state index contributed by atoms with van der Waals surface area (Å²) in [6, 6.07) is 9.90. The predicted octanol–water partition coefficient (Wildman–Crippen LogP) is 2.70. The Hall–Kier alpha value is -2.41. The van der Waals surface area contributed by atoms with E-state index in [0.717, 1.165) is 17.7 Å². The number of amides is 3. The topological polar surface area (TPSA) is 70.1 Å². The van der Waals surface area contributed by atoms with Crippen molar-refractivity contribution in [3.05, 3.63) is 48.0 Å². The van der Waals surface area contributed by atoms with Crippen molar-refractivity contribution in [2.45, 2.75) is 32.4 Å². The lowest BCUT2D eigenvalue weighted by Crippen LogP contribution is -2.51. The van der Waals surface area contributed by atoms with Crippen molar-refractivity contribution >= 4 is 34.7 Å². The highest BCUT2D eigenvalue weighted by Gasteiger charge is 2.59. The molecule has 156 valence electrons. The molecule has 2 saturated heterocycles. The summed E-state index contributed by atoms with van der Waals surface area (Å²) in [7, 11) is 0. The third-order valence-electron chi connectivity index (χ3n) is 6.70. The minimum atomic E-state index is -0.417. The minimum Gasteiger partial charge on any atom is -0.283 e. The van der Waals surface area contributed by atoms with E-state index in [2.05, 4.69) is 17.1 Å². The average molecular weight is 424 g/mol. The summed E-state index contributed by atoms with van der Waals surface area (Å²) >= 11 is 1.55. The van der Waals surface area contributed by atoms with Gasteiger partial charge in [-0.2, -0.15) is 0 Å². The zero-order valence-electron chi connectivity index (χ0n) is 17.2. The van der Waals surface area contributed by atoms with Crippen molar-refractivity contribution in [1.29, 1.82) is 0 Å². The van der Waals surface area contributed by atoms with Gasteiger partial charge in [0, 0.05) is 5.75 Å². The molecule has 1 aromatic rings. The van der Waals surface area contributed by atoms with E-state index in [9.17, 15) is 14.4 Å². The van der Waals surface area contributed by atoms with Crippen LogP contribution in [0.15, 0.2) is 47.5 Å². The van der Waals surface area contributed by atoms with Gasteiger partial charge >= 0.3 is 0 Å². The quantitative estimate of drug-likeness (QED) is 0.552. The Balaban J connectivity index is 1.34. The van der Waals surface area contributed by atoms with Crippen LogP contribution in [0, 0.1) is 23.7 Å². The lowest BCUT2D eigenvalue weighted by Gasteiger charge is -2.31. The van der Waals surface area contributed by atoms with E-state index in [4.69, 9.17) is 0 Å². The highest BCUT2D eigenvalue weighted by atomic mass is 32.2. The summed E-state index contributed by atoms with van der Waals surface area (Å²) in [4.78, 5) is 46.8. The molecule has 2 aliphatic heterocycles. The molecule has 2 bridgehead atoms. The van der Waals surface area contributed by atoms with Crippen LogP contribution in [0.1, 0.15) is 25.8 Å². The summed E-state index contributed by atoms with van der Waals surface area (Å²) < 4.78 is 0. The van der Waals surface area contributed by atoms with E-state index >= 15 is 0 Å². The van der Waals surface area contributed by atoms with E-state index in [0.29, 0.717) is 11.7 Å². The van der Waals surface area contributed by atoms with Crippen molar-refractivity contribution in [1.82, 2.24) is 9.80 Å². The van der Waals surface area contributed by atoms with Crippen molar-refractivity contribution in [2.75, 3.05) is 12.3 Å². The van der Waals surface area contributed by atoms with Crippen molar-refractivity contribution in [3.8, 4) is 0 Å². The number of amidine groups is 1. The number of rotatable bonds is 4. The van der Waals surface area contributed by atoms with Gasteiger partial charge in [-0.3, -0.25) is 29.2 Å². The largest absolute Gasteiger partial charge is 0.283 e. The lowest BCUT2D eigenvalue weighted by molar-refractivity contribution is -0.146. The maximum absolute atomic E-state index is 13.3. The molecular weight excluding hydrogens is 398 g/mol. The Morgan fingerprint density at radius 1 is 1.10 bits per heavy atom. The standard InChI is InChI=1S/C23H25N3O3S/c1-23(2)13-30-22(24-11-14-6-4-3-5-7-14)26(23)17(27)12-25-20(28)18-15-8-9-16(10-15)19(18)21(25)29/h3-9,15-16,18-19H,10-13H2,1-2H3/t15-,16+,18-,19+. The molecule has 5 rings (SSSR count). The monoisotopic (exact) mass is 423 g/mol. The second kappa shape index (κ2) is 7.08. The summed E-state index contributed by atoms with van der Waals surface area (Å²) in [6.07, 6.45) is 5.02. The molecule has 3 amide bonds. The van der Waals surface area contributed by atoms with Gasteiger partial charge in [0.2, 0.25) is 17.7 Å². The number of likely N-dealkylation sites (tertiary alicyclic amines) is 1. The summed E-state index contributed by atoms with van der Waals surface area (Å²) in [6.45, 7) is 4.28. The smallest absolute Gasteiger partial charge is 0.249 e. The van der Waals surface area contributed by atoms with Crippen molar-refractivity contribution in [2.24, 2.45) is 28.7 Å². The first kappa shape index (κ1) is 19.5. The summed E-state index contributed by atoms with van der Waals surface area (Å²) in [5, 5.41) is 0.662. The molecule has 30 heavy (non-hydrogen) atoms. The zero-order chi connectivity index (χ0) is 21.0. The van der Waals surface area contributed by atoms with Crippen LogP contribution in [-0.2, 0) is 20.9 Å². The van der Waals surface area contributed by atoms with Crippen LogP contribution in [0.3, 0.4) is 0 Å². The van der Waals surface area contributed by atoms with Crippen molar-refractivity contribution < 1.29 is 14.4 Å². The van der Waals surface area contributed by atoms with Crippen LogP contribution in [-0.4, -0.2) is 50.5 Å². The third-order valence-corrected chi connectivity index (χ3v) is 8.12. The van der Waals surface area contributed by atoms with Crippen LogP contribution in [0.5, 0.6) is 0 Å². The number of imide groups is 1. The van der Waals surface area contributed by atoms with E-state index < -0.39 is 5.54 Å². The molecule has 7 heteroatoms. The van der Waals surface area contributed by atoms with Crippen LogP contribution in [0.25, 0.3) is 0 Å². The number of nitrogens with zero attached hydrogens (tertiary/aromatic N) is 3. The molecule has 4 aliphatic rings. The van der Waals surface area contributed by atoms with Gasteiger partial charge in [0.25, 0.3) is 0 Å². The SMILES string of the molecule is CC1(C)CSC(=NCc2ccccc2)N1C(=O)CN1C(=O)[C@@H]2[C@H](C1=O)[C@@H]1C=C[C@H]2C1. The molecule has 2 heterocycles. The zero-order valence-corrected chi connectivity index (χ0v) is 18.0. The third kappa shape index (κ3) is 3.02. The Morgan fingerprint density at radius 2 is 1.73 bits per heavy atom. The van der Waals surface area contributed by atoms with Gasteiger partial charge in [-0.1, -0.05) is 54.2 Å². The lowest BCUT2D eigenvalue weighted by atomic mass is 9.85. The number of allylic oxidation sites excluding steroid dienone is 2. The van der Waals surface area contributed by atoms with Crippen LogP contribution >= 0.6 is 11.8 Å². The first-order chi connectivity index (χ1) is 14.4. The molecule has 0 radical (unpaired) electrons. The molecule has 3 fully saturated rings. The first-order valence-corrected chi connectivity index (χ1v) is 11.4. The fraction of sp³-hybridized carbons (Fsp3) is 0.478. The Morgan fingerprint density at radius 3 is 2.37 bits per heavy atom. The molecule has 6 nitrogen and oxygen atoms in total. The first-order valence-electron chi connectivity index (χ1n) is 10.4. The molecule has 0 spiro atoms. The molecule has 1 aromatic carbocycles. The number of fused-ring (bicyclic) bond motifs is 5. The Bertz CT molecular complexity index is 941. The molecule has 0 unspecified atom stereocenters. The van der Waals surface area contributed by atoms with Crippen LogP contribution in [0.2, 0.25) is 0 Å². The van der Waals surface area contributed by atoms with E-state index in [1.54, 1.807) is 16.7 Å². The van der Waals surface area contributed by atoms with Gasteiger partial charge in [0.1, 0.15) is 6.54 Å². The molecule has 1 saturated carbocycles. The number of hydrogen-bond acceptors (Lipinski definition) is 5. The van der Waals surface area contributed by atoms with Gasteiger partial charge in [-0.05, 0) is 37.7 Å². The maximum Gasteiger partial charge on any atom is 0.249 e. The maximum atomic E-state index is 13.3. The number of carbonyl (C=O) groups is 3. The van der Waals surface area contributed by atoms with Gasteiger partial charge in [-0.15, -0.1) is 0 Å². The molecule has 0 N–H and O–H groups in total. The number of benzene rings is 1. The fourth-order valence-corrected chi connectivity index (χ4v) is 6.50. The second-order valence-electron chi connectivity index (χ2n) is 9.18. The summed E-state index contributed by atoms with van der Waals surface area (Å²) in [5.41, 5.74) is 0.655. The number of thioether (sulfide) groups is 1. The highest BCUT2D eigenvalue weighted by Crippen LogP contribution is 2.52. The van der Waals surface area contributed by atoms with Gasteiger partial charge < -0.3 is 0 Å². The normalized spacial score (nSPS) is 32.5. The number of carbonyl (C=O) groups excluding carboxylic acids is 3. The fourth-order valence-electron chi connectivity index (χ4n) is 5.26. The average Bonchev–Trinajstić information content (AvgIpc) is 3.46. The predicted molar refractivity (Wildman–Crippen MR) is 115 cm³/mol. The van der Waals surface area contributed by atoms with Gasteiger partial charge in [-0.25, -0.2) is 0 Å². The van der Waals surface area contributed by atoms with Crippen LogP contribution in [0.4, 0.5) is 0 Å². The second-order valence-corrected chi connectivity index (χ2v) is 10.1. The van der Waals surface area contributed by atoms with E-state index in [-0.39, 0.29) is 47.9 Å². The van der Waals surface area contributed by atoms with Gasteiger partial charge in [0.05, 0.1) is 23.9 Å². The molecular formula is C23H25N3O3S. The summed E-state index contributed by atoms with van der Waals surface area (Å²) in [5.74, 6) is -0.103.